The largest absolute Gasteiger partial charge is 0.465 e. The Morgan fingerprint density at radius 1 is 1.32 bits per heavy atom. The van der Waals surface area contributed by atoms with Crippen LogP contribution in [0.3, 0.4) is 0 Å². The molecule has 1 aromatic heterocycles. The zero-order valence-electron chi connectivity index (χ0n) is 17.7. The van der Waals surface area contributed by atoms with Crippen molar-refractivity contribution in [1.82, 2.24) is 9.55 Å². The van der Waals surface area contributed by atoms with Crippen molar-refractivity contribution in [2.24, 2.45) is 5.92 Å². The van der Waals surface area contributed by atoms with Gasteiger partial charge in [-0.2, -0.15) is 6.07 Å². The number of carbonyl (C=O) groups is 2. The number of fused-ring (bicyclic) bond motifs is 1. The van der Waals surface area contributed by atoms with Gasteiger partial charge in [-0.1, -0.05) is 11.9 Å². The van der Waals surface area contributed by atoms with Gasteiger partial charge in [-0.05, 0) is 38.4 Å². The third-order valence-electron chi connectivity index (χ3n) is 4.64. The molecule has 1 N–H and O–H groups in total. The van der Waals surface area contributed by atoms with Crippen LogP contribution < -0.4 is 0 Å². The van der Waals surface area contributed by atoms with E-state index in [-0.39, 0.29) is 58.2 Å². The van der Waals surface area contributed by atoms with Crippen LogP contribution in [0.5, 0.6) is 0 Å². The van der Waals surface area contributed by atoms with Crippen molar-refractivity contribution in [3.63, 3.8) is 0 Å². The summed E-state index contributed by atoms with van der Waals surface area (Å²) in [6.07, 6.45) is 1.25. The summed E-state index contributed by atoms with van der Waals surface area (Å²) >= 11 is 10.7. The van der Waals surface area contributed by atoms with Crippen LogP contribution in [0.4, 0.5) is 4.39 Å². The van der Waals surface area contributed by atoms with E-state index < -0.39 is 17.9 Å². The molecule has 167 valence electrons. The van der Waals surface area contributed by atoms with Gasteiger partial charge in [-0.3, -0.25) is 14.0 Å². The van der Waals surface area contributed by atoms with E-state index in [1.807, 2.05) is 4.57 Å². The third kappa shape index (κ3) is 7.77. The van der Waals surface area contributed by atoms with E-state index in [1.54, 1.807) is 13.8 Å². The number of ether oxygens (including phenoxy) is 2. The SMILES string of the molecule is CCOC(=O)C(Cc1[nH]c(=S)n2c1C(C)CC2)C(=O)OCC.Fc1c[c-]c(Cl)cc1.[Y]. The summed E-state index contributed by atoms with van der Waals surface area (Å²) in [6, 6.07) is 6.43. The molecule has 1 aromatic carbocycles. The quantitative estimate of drug-likeness (QED) is 0.249. The molecule has 31 heavy (non-hydrogen) atoms. The van der Waals surface area contributed by atoms with Crippen LogP contribution in [0.1, 0.15) is 44.5 Å². The molecular weight excluding hydrogens is 520 g/mol. The van der Waals surface area contributed by atoms with Crippen molar-refractivity contribution in [3.05, 3.63) is 51.3 Å². The number of hydrogen-bond donors (Lipinski definition) is 1. The van der Waals surface area contributed by atoms with Crippen molar-refractivity contribution < 1.29 is 56.2 Å². The number of benzene rings is 1. The molecule has 1 aliphatic rings. The van der Waals surface area contributed by atoms with Crippen LogP contribution in [0.15, 0.2) is 18.2 Å². The average Bonchev–Trinajstić information content (AvgIpc) is 3.24. The Balaban J connectivity index is 0.000000450. The maximum absolute atomic E-state index is 12.1. The molecule has 2 heterocycles. The monoisotopic (exact) mass is 544 g/mol. The maximum Gasteiger partial charge on any atom is 0.320 e. The standard InChI is InChI=1S/C15H22N2O4S.C6H3ClF.Y/c1-4-20-13(18)10(14(19)21-5-2)8-11-12-9(3)6-7-17(12)15(22)16-11;7-5-1-3-6(8)4-2-5;/h9-10H,4-8H2,1-3H3,(H,16,22);1,3-4H;/q;-1;. The zero-order valence-corrected chi connectivity index (χ0v) is 22.2. The van der Waals surface area contributed by atoms with Gasteiger partial charge in [0, 0.05) is 62.9 Å². The van der Waals surface area contributed by atoms with Crippen molar-refractivity contribution >= 4 is 35.8 Å². The van der Waals surface area contributed by atoms with Crippen LogP contribution in [-0.2, 0) is 64.7 Å². The first-order valence-electron chi connectivity index (χ1n) is 9.76. The Morgan fingerprint density at radius 2 is 1.94 bits per heavy atom. The van der Waals surface area contributed by atoms with Crippen LogP contribution in [0.25, 0.3) is 0 Å². The summed E-state index contributed by atoms with van der Waals surface area (Å²) in [7, 11) is 0. The molecule has 1 radical (unpaired) electrons. The third-order valence-corrected chi connectivity index (χ3v) is 5.20. The molecule has 0 spiro atoms. The smallest absolute Gasteiger partial charge is 0.320 e. The van der Waals surface area contributed by atoms with E-state index in [9.17, 15) is 14.0 Å². The molecule has 3 rings (SSSR count). The number of halogens is 2. The van der Waals surface area contributed by atoms with E-state index in [0.29, 0.717) is 15.7 Å². The molecule has 10 heteroatoms. The first kappa shape index (κ1) is 27.9. The number of nitrogens with one attached hydrogen (secondary N) is 1. The van der Waals surface area contributed by atoms with Gasteiger partial charge in [0.1, 0.15) is 0 Å². The van der Waals surface area contributed by atoms with Crippen LogP contribution >= 0.6 is 23.8 Å². The second-order valence-electron chi connectivity index (χ2n) is 6.75. The molecule has 0 amide bonds. The van der Waals surface area contributed by atoms with Gasteiger partial charge in [-0.15, -0.1) is 29.8 Å². The van der Waals surface area contributed by atoms with Crippen molar-refractivity contribution in [2.45, 2.75) is 46.1 Å². The normalized spacial score (nSPS) is 14.2. The van der Waals surface area contributed by atoms with Crippen LogP contribution in [0, 0.1) is 22.6 Å². The number of imidazole rings is 1. The number of H-pyrrole nitrogens is 1. The summed E-state index contributed by atoms with van der Waals surface area (Å²) in [5.41, 5.74) is 1.92. The molecule has 1 atom stereocenters. The van der Waals surface area contributed by atoms with Crippen molar-refractivity contribution in [1.29, 1.82) is 0 Å². The fraction of sp³-hybridized carbons (Fsp3) is 0.476. The second kappa shape index (κ2) is 13.5. The predicted molar refractivity (Wildman–Crippen MR) is 113 cm³/mol. The van der Waals surface area contributed by atoms with Gasteiger partial charge >= 0.3 is 11.9 Å². The van der Waals surface area contributed by atoms with Gasteiger partial charge in [-0.25, -0.2) is 0 Å². The Morgan fingerprint density at radius 3 is 2.42 bits per heavy atom. The van der Waals surface area contributed by atoms with Crippen molar-refractivity contribution in [2.75, 3.05) is 13.2 Å². The van der Waals surface area contributed by atoms with Crippen molar-refractivity contribution in [3.8, 4) is 0 Å². The Bertz CT molecular complexity index is 893. The minimum atomic E-state index is -0.953. The zero-order chi connectivity index (χ0) is 22.3. The molecule has 0 saturated heterocycles. The number of hydrogen-bond acceptors (Lipinski definition) is 5. The van der Waals surface area contributed by atoms with Gasteiger partial charge in [0.15, 0.2) is 10.7 Å². The number of esters is 2. The van der Waals surface area contributed by atoms with Crippen LogP contribution in [0.2, 0.25) is 5.02 Å². The van der Waals surface area contributed by atoms with E-state index in [0.717, 1.165) is 24.4 Å². The molecular formula is C21H25ClFN2O4SY-. The van der Waals surface area contributed by atoms with E-state index in [4.69, 9.17) is 33.3 Å². The van der Waals surface area contributed by atoms with E-state index >= 15 is 0 Å². The molecule has 6 nitrogen and oxygen atoms in total. The van der Waals surface area contributed by atoms with Gasteiger partial charge in [0.05, 0.1) is 13.2 Å². The number of rotatable bonds is 6. The molecule has 1 aliphatic heterocycles. The minimum absolute atomic E-state index is 0. The summed E-state index contributed by atoms with van der Waals surface area (Å²) in [5.74, 6) is -2.01. The number of carbonyl (C=O) groups excluding carboxylic acids is 2. The first-order chi connectivity index (χ1) is 14.3. The summed E-state index contributed by atoms with van der Waals surface area (Å²) in [5, 5.41) is 0.436. The summed E-state index contributed by atoms with van der Waals surface area (Å²) < 4.78 is 24.7. The van der Waals surface area contributed by atoms with Gasteiger partial charge < -0.3 is 19.0 Å². The number of nitrogens with zero attached hydrogens (tertiary/aromatic N) is 1. The van der Waals surface area contributed by atoms with E-state index in [2.05, 4.69) is 18.0 Å². The Labute approximate surface area is 216 Å². The first-order valence-corrected chi connectivity index (χ1v) is 10.5. The maximum atomic E-state index is 12.1. The molecule has 2 aromatic rings. The Hall–Kier alpha value is -1.09. The molecule has 0 aliphatic carbocycles. The molecule has 1 unspecified atom stereocenters. The predicted octanol–water partition coefficient (Wildman–Crippen LogP) is 4.61. The Kier molecular flexibility index (Phi) is 12.1. The van der Waals surface area contributed by atoms with Gasteiger partial charge in [0.2, 0.25) is 0 Å². The van der Waals surface area contributed by atoms with E-state index in [1.165, 1.54) is 18.2 Å². The fourth-order valence-corrected chi connectivity index (χ4v) is 3.70. The minimum Gasteiger partial charge on any atom is -0.465 e. The second-order valence-corrected chi connectivity index (χ2v) is 7.54. The van der Waals surface area contributed by atoms with Crippen LogP contribution in [-0.4, -0.2) is 34.7 Å². The number of aromatic nitrogens is 2. The topological polar surface area (TPSA) is 73.3 Å². The molecule has 0 fully saturated rings. The average molecular weight is 545 g/mol. The molecule has 0 bridgehead atoms. The summed E-state index contributed by atoms with van der Waals surface area (Å²) in [4.78, 5) is 27.3. The summed E-state index contributed by atoms with van der Waals surface area (Å²) in [6.45, 7) is 6.88. The molecule has 0 saturated carbocycles. The fourth-order valence-electron chi connectivity index (χ4n) is 3.27. The van der Waals surface area contributed by atoms with Gasteiger partial charge in [0.25, 0.3) is 0 Å². The number of aromatic amines is 1.